The Labute approximate surface area is 197 Å². The van der Waals surface area contributed by atoms with E-state index in [4.69, 9.17) is 18.9 Å². The minimum absolute atomic E-state index is 0.0303. The molecule has 0 bridgehead atoms. The first kappa shape index (κ1) is 22.1. The molecule has 4 fully saturated rings. The molecule has 2 heterocycles. The van der Waals surface area contributed by atoms with Crippen LogP contribution in [0.4, 0.5) is 0 Å². The van der Waals surface area contributed by atoms with Crippen LogP contribution in [-0.2, 0) is 14.2 Å². The summed E-state index contributed by atoms with van der Waals surface area (Å²) in [6.07, 6.45) is 11.8. The van der Waals surface area contributed by atoms with Crippen LogP contribution in [0.5, 0.6) is 5.75 Å². The molecule has 7 atom stereocenters. The van der Waals surface area contributed by atoms with E-state index in [9.17, 15) is 4.79 Å². The molecule has 6 unspecified atom stereocenters. The van der Waals surface area contributed by atoms with Crippen LogP contribution in [-0.4, -0.2) is 37.7 Å². The Morgan fingerprint density at radius 2 is 1.73 bits per heavy atom. The van der Waals surface area contributed by atoms with Crippen molar-refractivity contribution in [3.8, 4) is 5.75 Å². The van der Waals surface area contributed by atoms with Gasteiger partial charge in [-0.25, -0.2) is 0 Å². The van der Waals surface area contributed by atoms with Gasteiger partial charge in [-0.15, -0.1) is 0 Å². The Hall–Kier alpha value is -1.43. The highest BCUT2D eigenvalue weighted by molar-refractivity contribution is 5.99. The van der Waals surface area contributed by atoms with Crippen molar-refractivity contribution in [2.24, 2.45) is 17.3 Å². The van der Waals surface area contributed by atoms with Gasteiger partial charge >= 0.3 is 0 Å². The number of benzene rings is 1. The van der Waals surface area contributed by atoms with E-state index in [0.717, 1.165) is 82.3 Å². The first-order valence-corrected chi connectivity index (χ1v) is 13.3. The largest absolute Gasteiger partial charge is 0.465 e. The van der Waals surface area contributed by atoms with Crippen LogP contribution in [0.2, 0.25) is 0 Å². The van der Waals surface area contributed by atoms with Gasteiger partial charge in [-0.2, -0.15) is 0 Å². The highest BCUT2D eigenvalue weighted by atomic mass is 16.7. The summed E-state index contributed by atoms with van der Waals surface area (Å²) in [5, 5.41) is 0. The van der Waals surface area contributed by atoms with Crippen LogP contribution in [0.25, 0.3) is 0 Å². The molecule has 5 heteroatoms. The van der Waals surface area contributed by atoms with Crippen molar-refractivity contribution >= 4 is 5.78 Å². The molecule has 1 aromatic carbocycles. The van der Waals surface area contributed by atoms with E-state index in [-0.39, 0.29) is 29.9 Å². The van der Waals surface area contributed by atoms with Crippen molar-refractivity contribution in [2.75, 3.05) is 13.2 Å². The van der Waals surface area contributed by atoms with Crippen LogP contribution in [0.15, 0.2) is 18.2 Å². The first-order valence-electron chi connectivity index (χ1n) is 13.3. The Bertz CT molecular complexity index is 871. The summed E-state index contributed by atoms with van der Waals surface area (Å²) >= 11 is 0. The van der Waals surface area contributed by atoms with Gasteiger partial charge < -0.3 is 18.9 Å². The third-order valence-electron chi connectivity index (χ3n) is 9.36. The van der Waals surface area contributed by atoms with Gasteiger partial charge in [0.15, 0.2) is 18.4 Å². The molecule has 1 aromatic rings. The number of rotatable bonds is 4. The summed E-state index contributed by atoms with van der Waals surface area (Å²) in [6, 6.07) is 6.21. The lowest BCUT2D eigenvalue weighted by molar-refractivity contribution is -0.212. The first-order chi connectivity index (χ1) is 16.1. The summed E-state index contributed by atoms with van der Waals surface area (Å²) in [7, 11) is 0. The predicted molar refractivity (Wildman–Crippen MR) is 124 cm³/mol. The summed E-state index contributed by atoms with van der Waals surface area (Å²) < 4.78 is 24.3. The molecule has 0 radical (unpaired) electrons. The van der Waals surface area contributed by atoms with Crippen molar-refractivity contribution < 1.29 is 23.7 Å². The van der Waals surface area contributed by atoms with E-state index in [1.54, 1.807) is 0 Å². The van der Waals surface area contributed by atoms with E-state index < -0.39 is 0 Å². The zero-order chi connectivity index (χ0) is 22.4. The van der Waals surface area contributed by atoms with Gasteiger partial charge in [0.25, 0.3) is 0 Å². The quantitative estimate of drug-likeness (QED) is 0.558. The number of carbonyl (C=O) groups is 1. The minimum Gasteiger partial charge on any atom is -0.465 e. The van der Waals surface area contributed by atoms with Gasteiger partial charge in [0.2, 0.25) is 0 Å². The van der Waals surface area contributed by atoms with Crippen molar-refractivity contribution in [1.82, 2.24) is 0 Å². The molecule has 2 aliphatic heterocycles. The zero-order valence-electron chi connectivity index (χ0n) is 19.9. The van der Waals surface area contributed by atoms with E-state index in [1.807, 2.05) is 6.07 Å². The molecule has 2 saturated carbocycles. The summed E-state index contributed by atoms with van der Waals surface area (Å²) in [5.41, 5.74) is 2.28. The van der Waals surface area contributed by atoms with Crippen LogP contribution in [0.1, 0.15) is 99.4 Å². The van der Waals surface area contributed by atoms with Crippen LogP contribution >= 0.6 is 0 Å². The fourth-order valence-corrected chi connectivity index (χ4v) is 7.59. The Balaban J connectivity index is 1.19. The molecular weight excluding hydrogens is 416 g/mol. The predicted octanol–water partition coefficient (Wildman–Crippen LogP) is 6.00. The number of carbonyl (C=O) groups excluding carboxylic acids is 1. The molecule has 33 heavy (non-hydrogen) atoms. The van der Waals surface area contributed by atoms with Crippen LogP contribution in [0.3, 0.4) is 0 Å². The molecule has 2 saturated heterocycles. The molecule has 0 N–H and O–H groups in total. The molecule has 180 valence electrons. The van der Waals surface area contributed by atoms with E-state index in [1.165, 1.54) is 12.0 Å². The number of ether oxygens (including phenoxy) is 4. The topological polar surface area (TPSA) is 54.0 Å². The highest BCUT2D eigenvalue weighted by Gasteiger charge is 2.56. The normalized spacial score (nSPS) is 40.6. The van der Waals surface area contributed by atoms with Gasteiger partial charge in [0.05, 0.1) is 12.7 Å². The highest BCUT2D eigenvalue weighted by Crippen LogP contribution is 2.61. The second-order valence-electron chi connectivity index (χ2n) is 11.2. The lowest BCUT2D eigenvalue weighted by atomic mass is 9.55. The minimum atomic E-state index is -0.179. The molecule has 6 rings (SSSR count). The average Bonchev–Trinajstić information content (AvgIpc) is 3.17. The number of hydrogen-bond donors (Lipinski definition) is 0. The molecule has 5 nitrogen and oxygen atoms in total. The number of ketones is 1. The van der Waals surface area contributed by atoms with Crippen LogP contribution < -0.4 is 4.74 Å². The standard InChI is InChI=1S/C28H38O5/c1-28-13-12-20-19-9-8-18(32-26-6-2-4-14-30-26)16-22(19)24(29)17-21(20)23(28)10-11-25(28)33-27-7-3-5-15-31-27/h8-9,16,20-21,23,25-27H,2-7,10-15,17H2,1H3/t20?,21?,23?,25-,26?,27?,28?/m0/s1. The van der Waals surface area contributed by atoms with Gasteiger partial charge in [0, 0.05) is 25.0 Å². The molecule has 0 amide bonds. The van der Waals surface area contributed by atoms with Crippen molar-refractivity contribution in [3.05, 3.63) is 29.3 Å². The van der Waals surface area contributed by atoms with Crippen molar-refractivity contribution in [3.63, 3.8) is 0 Å². The number of fused-ring (bicyclic) bond motifs is 5. The molecule has 0 spiro atoms. The second kappa shape index (κ2) is 8.98. The van der Waals surface area contributed by atoms with E-state index >= 15 is 0 Å². The summed E-state index contributed by atoms with van der Waals surface area (Å²) in [6.45, 7) is 4.01. The Kier molecular flexibility index (Phi) is 6.00. The Morgan fingerprint density at radius 3 is 2.48 bits per heavy atom. The lowest BCUT2D eigenvalue weighted by Crippen LogP contribution is -2.46. The Morgan fingerprint density at radius 1 is 0.939 bits per heavy atom. The SMILES string of the molecule is CC12CCC3c4ccc(OC5CCCCO5)cc4C(=O)CC3C1CC[C@@H]2OC1CCCCO1. The van der Waals surface area contributed by atoms with Crippen molar-refractivity contribution in [1.29, 1.82) is 0 Å². The maximum Gasteiger partial charge on any atom is 0.199 e. The van der Waals surface area contributed by atoms with Gasteiger partial charge in [0.1, 0.15) is 5.75 Å². The molecule has 3 aliphatic carbocycles. The smallest absolute Gasteiger partial charge is 0.199 e. The maximum absolute atomic E-state index is 13.3. The molecule has 0 aromatic heterocycles. The maximum atomic E-state index is 13.3. The second-order valence-corrected chi connectivity index (χ2v) is 11.2. The zero-order valence-corrected chi connectivity index (χ0v) is 19.9. The number of hydrogen-bond acceptors (Lipinski definition) is 5. The lowest BCUT2D eigenvalue weighted by Gasteiger charge is -2.50. The third-order valence-corrected chi connectivity index (χ3v) is 9.36. The molecular formula is C28H38O5. The third kappa shape index (κ3) is 4.04. The number of Topliss-reactive ketones (excluding diaryl/α,β-unsaturated/α-hetero) is 1. The van der Waals surface area contributed by atoms with Gasteiger partial charge in [-0.1, -0.05) is 13.0 Å². The fourth-order valence-electron chi connectivity index (χ4n) is 7.59. The van der Waals surface area contributed by atoms with E-state index in [2.05, 4.69) is 19.1 Å². The fraction of sp³-hybridized carbons (Fsp3) is 0.750. The van der Waals surface area contributed by atoms with E-state index in [0.29, 0.717) is 24.2 Å². The van der Waals surface area contributed by atoms with Gasteiger partial charge in [-0.3, -0.25) is 4.79 Å². The van der Waals surface area contributed by atoms with Gasteiger partial charge in [-0.05, 0) is 98.7 Å². The van der Waals surface area contributed by atoms with Crippen LogP contribution in [0, 0.1) is 17.3 Å². The van der Waals surface area contributed by atoms with Crippen molar-refractivity contribution in [2.45, 2.75) is 102 Å². The average molecular weight is 455 g/mol. The summed E-state index contributed by atoms with van der Waals surface area (Å²) in [4.78, 5) is 13.3. The summed E-state index contributed by atoms with van der Waals surface area (Å²) in [5.74, 6) is 2.51. The monoisotopic (exact) mass is 454 g/mol. The molecule has 5 aliphatic rings.